The molecule has 1 saturated heterocycles. The average Bonchev–Trinajstić information content (AvgIpc) is 3.29. The molecule has 2 aromatic heterocycles. The van der Waals surface area contributed by atoms with Gasteiger partial charge in [0.05, 0.1) is 6.61 Å². The number of aromatic nitrogens is 3. The number of nitrogens with zero attached hydrogens (tertiary/aromatic N) is 4. The van der Waals surface area contributed by atoms with Gasteiger partial charge in [-0.1, -0.05) is 25.5 Å². The van der Waals surface area contributed by atoms with Gasteiger partial charge in [-0.3, -0.25) is 0 Å². The van der Waals surface area contributed by atoms with Crippen molar-refractivity contribution in [2.45, 2.75) is 52.1 Å². The normalized spacial score (nSPS) is 16.5. The maximum absolute atomic E-state index is 6.22. The van der Waals surface area contributed by atoms with Crippen LogP contribution in [-0.4, -0.2) is 40.8 Å². The van der Waals surface area contributed by atoms with Crippen LogP contribution >= 0.6 is 11.6 Å². The van der Waals surface area contributed by atoms with Crippen LogP contribution in [-0.2, 0) is 11.3 Å². The lowest BCUT2D eigenvalue weighted by Crippen LogP contribution is -2.33. The highest BCUT2D eigenvalue weighted by atomic mass is 35.5. The Kier molecular flexibility index (Phi) is 8.91. The van der Waals surface area contributed by atoms with Crippen molar-refractivity contribution >= 4 is 17.4 Å². The number of piperidine rings is 1. The minimum atomic E-state index is 0.274. The lowest BCUT2D eigenvalue weighted by molar-refractivity contribution is 0.118. The molecule has 0 saturated carbocycles. The van der Waals surface area contributed by atoms with Gasteiger partial charge in [-0.2, -0.15) is 0 Å². The van der Waals surface area contributed by atoms with E-state index in [4.69, 9.17) is 26.5 Å². The molecule has 1 fully saturated rings. The molecule has 3 heterocycles. The summed E-state index contributed by atoms with van der Waals surface area (Å²) in [4.78, 5) is 6.73. The molecule has 0 amide bonds. The number of nitrogens with two attached hydrogens (primary N) is 1. The quantitative estimate of drug-likeness (QED) is 0.423. The first-order valence-electron chi connectivity index (χ1n) is 10.9. The molecular formula is C23H32ClN5O2. The summed E-state index contributed by atoms with van der Waals surface area (Å²) in [6.45, 7) is 6.69. The maximum atomic E-state index is 6.22. The highest BCUT2D eigenvalue weighted by Crippen LogP contribution is 2.29. The van der Waals surface area contributed by atoms with Crippen molar-refractivity contribution in [3.05, 3.63) is 59.1 Å². The predicted octanol–water partition coefficient (Wildman–Crippen LogP) is 4.56. The van der Waals surface area contributed by atoms with Crippen LogP contribution in [0.25, 0.3) is 0 Å². The van der Waals surface area contributed by atoms with E-state index < -0.39 is 0 Å². The van der Waals surface area contributed by atoms with Crippen LogP contribution in [0, 0.1) is 0 Å². The van der Waals surface area contributed by atoms with E-state index in [1.54, 1.807) is 0 Å². The molecule has 0 unspecified atom stereocenters. The largest absolute Gasteiger partial charge is 0.422 e. The van der Waals surface area contributed by atoms with E-state index in [1.807, 2.05) is 30.5 Å². The molecule has 1 aliphatic heterocycles. The fourth-order valence-corrected chi connectivity index (χ4v) is 3.86. The highest BCUT2D eigenvalue weighted by molar-refractivity contribution is 6.19. The molecule has 0 atom stereocenters. The Bertz CT molecular complexity index is 867. The molecule has 2 N–H and O–H groups in total. The van der Waals surface area contributed by atoms with Crippen molar-refractivity contribution in [2.75, 3.05) is 30.5 Å². The number of halogens is 1. The zero-order valence-corrected chi connectivity index (χ0v) is 19.1. The summed E-state index contributed by atoms with van der Waals surface area (Å²) in [5.74, 6) is 2.98. The third kappa shape index (κ3) is 6.55. The molecule has 8 heteroatoms. The molecule has 0 bridgehead atoms. The lowest BCUT2D eigenvalue weighted by atomic mass is 9.97. The average molecular weight is 446 g/mol. The standard InChI is InChI=1S/C23H32ClN5O2/c1-3-17(14-24)13-20(25)18(4-2)15-30-16-22-27-28-23(31-22)19-8-11-29(12-9-19)21-7-5-6-10-26-21/h5-7,10,13,19H,3-4,8-9,11-12,14-16,25H2,1-2H3/b17-13+,20-18-. The van der Waals surface area contributed by atoms with Gasteiger partial charge in [0.2, 0.25) is 11.8 Å². The third-order valence-corrected chi connectivity index (χ3v) is 5.97. The van der Waals surface area contributed by atoms with Crippen molar-refractivity contribution in [2.24, 2.45) is 5.73 Å². The molecule has 3 rings (SSSR count). The number of anilines is 1. The highest BCUT2D eigenvalue weighted by Gasteiger charge is 2.25. The van der Waals surface area contributed by atoms with E-state index in [-0.39, 0.29) is 12.5 Å². The Morgan fingerprint density at radius 1 is 1.26 bits per heavy atom. The van der Waals surface area contributed by atoms with E-state index in [1.165, 1.54) is 0 Å². The lowest BCUT2D eigenvalue weighted by Gasteiger charge is -2.31. The Morgan fingerprint density at radius 2 is 2.06 bits per heavy atom. The van der Waals surface area contributed by atoms with Crippen molar-refractivity contribution in [3.63, 3.8) is 0 Å². The smallest absolute Gasteiger partial charge is 0.242 e. The first kappa shape index (κ1) is 23.3. The minimum absolute atomic E-state index is 0.274. The Balaban J connectivity index is 1.50. The van der Waals surface area contributed by atoms with Gasteiger partial charge in [0.15, 0.2) is 0 Å². The van der Waals surface area contributed by atoms with Crippen molar-refractivity contribution in [3.8, 4) is 0 Å². The van der Waals surface area contributed by atoms with Gasteiger partial charge in [0, 0.05) is 36.8 Å². The van der Waals surface area contributed by atoms with Gasteiger partial charge in [0.25, 0.3) is 0 Å². The van der Waals surface area contributed by atoms with Crippen LogP contribution in [0.2, 0.25) is 0 Å². The number of allylic oxidation sites excluding steroid dienone is 2. The minimum Gasteiger partial charge on any atom is -0.422 e. The number of rotatable bonds is 10. The Morgan fingerprint density at radius 3 is 2.71 bits per heavy atom. The van der Waals surface area contributed by atoms with Crippen molar-refractivity contribution < 1.29 is 9.15 Å². The van der Waals surface area contributed by atoms with Crippen LogP contribution in [0.4, 0.5) is 5.82 Å². The van der Waals surface area contributed by atoms with E-state index in [9.17, 15) is 0 Å². The van der Waals surface area contributed by atoms with E-state index >= 15 is 0 Å². The van der Waals surface area contributed by atoms with Crippen LogP contribution in [0.15, 0.2) is 51.7 Å². The summed E-state index contributed by atoms with van der Waals surface area (Å²) < 4.78 is 11.7. The topological polar surface area (TPSA) is 90.3 Å². The molecule has 0 aromatic carbocycles. The molecule has 2 aromatic rings. The first-order valence-corrected chi connectivity index (χ1v) is 11.5. The molecule has 0 spiro atoms. The predicted molar refractivity (Wildman–Crippen MR) is 123 cm³/mol. The Labute approximate surface area is 189 Å². The number of alkyl halides is 1. The second-order valence-corrected chi connectivity index (χ2v) is 7.95. The second kappa shape index (κ2) is 11.9. The van der Waals surface area contributed by atoms with E-state index in [0.29, 0.717) is 24.3 Å². The molecule has 1 aliphatic rings. The number of pyridine rings is 1. The van der Waals surface area contributed by atoms with Gasteiger partial charge in [0.1, 0.15) is 12.4 Å². The number of hydrogen-bond acceptors (Lipinski definition) is 7. The molecule has 0 radical (unpaired) electrons. The monoisotopic (exact) mass is 445 g/mol. The molecule has 0 aliphatic carbocycles. The maximum Gasteiger partial charge on any atom is 0.242 e. The fraction of sp³-hybridized carbons (Fsp3) is 0.522. The summed E-state index contributed by atoms with van der Waals surface area (Å²) in [5, 5.41) is 8.43. The second-order valence-electron chi connectivity index (χ2n) is 7.68. The summed E-state index contributed by atoms with van der Waals surface area (Å²) in [5.41, 5.74) is 9.10. The van der Waals surface area contributed by atoms with Crippen molar-refractivity contribution in [1.82, 2.24) is 15.2 Å². The molecular weight excluding hydrogens is 414 g/mol. The molecule has 31 heavy (non-hydrogen) atoms. The van der Waals surface area contributed by atoms with E-state index in [2.05, 4.69) is 33.9 Å². The van der Waals surface area contributed by atoms with Gasteiger partial charge < -0.3 is 19.8 Å². The third-order valence-electron chi connectivity index (χ3n) is 5.62. The zero-order valence-electron chi connectivity index (χ0n) is 18.4. The van der Waals surface area contributed by atoms with Gasteiger partial charge in [-0.05, 0) is 49.5 Å². The van der Waals surface area contributed by atoms with Crippen LogP contribution < -0.4 is 10.6 Å². The summed E-state index contributed by atoms with van der Waals surface area (Å²) in [6, 6.07) is 6.00. The number of ether oxygens (including phenoxy) is 1. The van der Waals surface area contributed by atoms with Gasteiger partial charge >= 0.3 is 0 Å². The fourth-order valence-electron chi connectivity index (χ4n) is 3.59. The Hall–Kier alpha value is -2.38. The summed E-state index contributed by atoms with van der Waals surface area (Å²) in [6.07, 6.45) is 7.40. The van der Waals surface area contributed by atoms with E-state index in [0.717, 1.165) is 61.4 Å². The SMILES string of the molecule is CC/C(COCc1nnc(C2CCN(c3ccccn3)CC2)o1)=C(N)\C=C(/CC)CCl. The van der Waals surface area contributed by atoms with Gasteiger partial charge in [-0.25, -0.2) is 4.98 Å². The number of hydrogen-bond donors (Lipinski definition) is 1. The zero-order chi connectivity index (χ0) is 22.1. The van der Waals surface area contributed by atoms with Gasteiger partial charge in [-0.15, -0.1) is 21.8 Å². The molecule has 7 nitrogen and oxygen atoms in total. The molecule has 168 valence electrons. The summed E-state index contributed by atoms with van der Waals surface area (Å²) >= 11 is 5.94. The van der Waals surface area contributed by atoms with Crippen LogP contribution in [0.1, 0.15) is 57.2 Å². The van der Waals surface area contributed by atoms with Crippen molar-refractivity contribution in [1.29, 1.82) is 0 Å². The van der Waals surface area contributed by atoms with Crippen LogP contribution in [0.5, 0.6) is 0 Å². The summed E-state index contributed by atoms with van der Waals surface area (Å²) in [7, 11) is 0. The first-order chi connectivity index (χ1) is 15.1. The van der Waals surface area contributed by atoms with Crippen LogP contribution in [0.3, 0.4) is 0 Å².